The molecule has 0 aliphatic heterocycles. The number of nitrogens with one attached hydrogen (secondary N) is 1. The van der Waals surface area contributed by atoms with Crippen LogP contribution in [0.15, 0.2) is 27.4 Å². The van der Waals surface area contributed by atoms with Crippen LogP contribution in [-0.4, -0.2) is 11.6 Å². The summed E-state index contributed by atoms with van der Waals surface area (Å²) in [6, 6.07) is 6.35. The van der Waals surface area contributed by atoms with Gasteiger partial charge < -0.3 is 9.73 Å². The summed E-state index contributed by atoms with van der Waals surface area (Å²) in [5, 5.41) is 3.36. The van der Waals surface area contributed by atoms with E-state index in [2.05, 4.69) is 39.1 Å². The summed E-state index contributed by atoms with van der Waals surface area (Å²) in [7, 11) is 1.97. The number of aromatic nitrogens is 1. The van der Waals surface area contributed by atoms with E-state index in [9.17, 15) is 4.79 Å². The van der Waals surface area contributed by atoms with Gasteiger partial charge in [-0.15, -0.1) is 0 Å². The Morgan fingerprint density at radius 1 is 1.33 bits per heavy atom. The first-order valence-electron chi connectivity index (χ1n) is 7.66. The molecule has 1 aromatic heterocycles. The van der Waals surface area contributed by atoms with Gasteiger partial charge in [-0.3, -0.25) is 4.57 Å². The van der Waals surface area contributed by atoms with Crippen LogP contribution in [0.1, 0.15) is 52.1 Å². The summed E-state index contributed by atoms with van der Waals surface area (Å²) >= 11 is 0. The molecule has 1 unspecified atom stereocenters. The molecule has 21 heavy (non-hydrogen) atoms. The second kappa shape index (κ2) is 6.06. The molecule has 1 N–H and O–H groups in total. The lowest BCUT2D eigenvalue weighted by atomic mass is 9.85. The van der Waals surface area contributed by atoms with Gasteiger partial charge in [-0.2, -0.15) is 0 Å². The van der Waals surface area contributed by atoms with Gasteiger partial charge in [0.2, 0.25) is 0 Å². The van der Waals surface area contributed by atoms with E-state index in [1.807, 2.05) is 19.2 Å². The number of oxazole rings is 1. The van der Waals surface area contributed by atoms with Crippen molar-refractivity contribution in [1.82, 2.24) is 9.88 Å². The lowest BCUT2D eigenvalue weighted by Crippen LogP contribution is -2.22. The average molecular weight is 290 g/mol. The van der Waals surface area contributed by atoms with E-state index in [0.717, 1.165) is 23.9 Å². The fraction of sp³-hybridized carbons (Fsp3) is 0.588. The molecule has 0 bridgehead atoms. The van der Waals surface area contributed by atoms with E-state index in [1.165, 1.54) is 0 Å². The normalized spacial score (nSPS) is 13.8. The smallest absolute Gasteiger partial charge is 0.408 e. The van der Waals surface area contributed by atoms with Crippen LogP contribution < -0.4 is 11.1 Å². The molecule has 0 saturated carbocycles. The van der Waals surface area contributed by atoms with E-state index in [0.29, 0.717) is 12.1 Å². The quantitative estimate of drug-likeness (QED) is 0.913. The molecule has 4 heteroatoms. The minimum absolute atomic E-state index is 0.234. The monoisotopic (exact) mass is 290 g/mol. The Labute approximate surface area is 126 Å². The zero-order valence-corrected chi connectivity index (χ0v) is 13.7. The zero-order valence-electron chi connectivity index (χ0n) is 13.7. The van der Waals surface area contributed by atoms with Gasteiger partial charge in [0, 0.05) is 12.6 Å². The number of rotatable bonds is 5. The Morgan fingerprint density at radius 2 is 2.05 bits per heavy atom. The number of nitrogens with zero attached hydrogens (tertiary/aromatic N) is 1. The fourth-order valence-corrected chi connectivity index (χ4v) is 2.73. The minimum atomic E-state index is -0.263. The van der Waals surface area contributed by atoms with Gasteiger partial charge in [-0.25, -0.2) is 4.79 Å². The first-order chi connectivity index (χ1) is 9.85. The molecule has 0 aliphatic carbocycles. The number of aryl methyl sites for hydroxylation is 1. The number of hydrogen-bond acceptors (Lipinski definition) is 3. The average Bonchev–Trinajstić information content (AvgIpc) is 2.71. The van der Waals surface area contributed by atoms with Crippen molar-refractivity contribution in [3.05, 3.63) is 34.3 Å². The number of hydrogen-bond donors (Lipinski definition) is 1. The molecule has 4 nitrogen and oxygen atoms in total. The van der Waals surface area contributed by atoms with Crippen molar-refractivity contribution in [3.8, 4) is 0 Å². The van der Waals surface area contributed by atoms with Gasteiger partial charge in [-0.05, 0) is 43.0 Å². The molecule has 0 saturated heterocycles. The molecule has 1 heterocycles. The Bertz CT molecular complexity index is 661. The van der Waals surface area contributed by atoms with Crippen molar-refractivity contribution in [2.75, 3.05) is 7.05 Å². The fourth-order valence-electron chi connectivity index (χ4n) is 2.73. The first kappa shape index (κ1) is 15.8. The van der Waals surface area contributed by atoms with E-state index in [4.69, 9.17) is 4.42 Å². The van der Waals surface area contributed by atoms with E-state index in [1.54, 1.807) is 4.57 Å². The van der Waals surface area contributed by atoms with Crippen LogP contribution in [0.4, 0.5) is 0 Å². The predicted molar refractivity (Wildman–Crippen MR) is 86.6 cm³/mol. The minimum Gasteiger partial charge on any atom is -0.408 e. The highest BCUT2D eigenvalue weighted by atomic mass is 16.4. The lowest BCUT2D eigenvalue weighted by Gasteiger charge is -2.26. The molecule has 2 aromatic rings. The Hall–Kier alpha value is -1.55. The Kier molecular flexibility index (Phi) is 4.57. The van der Waals surface area contributed by atoms with E-state index >= 15 is 0 Å². The van der Waals surface area contributed by atoms with Crippen molar-refractivity contribution in [2.45, 2.75) is 53.1 Å². The molecule has 2 rings (SSSR count). The van der Waals surface area contributed by atoms with E-state index < -0.39 is 0 Å². The first-order valence-corrected chi connectivity index (χ1v) is 7.66. The highest BCUT2D eigenvalue weighted by Crippen LogP contribution is 2.30. The van der Waals surface area contributed by atoms with E-state index in [-0.39, 0.29) is 17.2 Å². The van der Waals surface area contributed by atoms with Crippen LogP contribution in [0.2, 0.25) is 0 Å². The van der Waals surface area contributed by atoms with Gasteiger partial charge >= 0.3 is 5.76 Å². The highest BCUT2D eigenvalue weighted by molar-refractivity contribution is 5.74. The second-order valence-electron chi connectivity index (χ2n) is 6.85. The van der Waals surface area contributed by atoms with Crippen molar-refractivity contribution < 1.29 is 4.42 Å². The molecule has 0 fully saturated rings. The molecule has 0 amide bonds. The maximum absolute atomic E-state index is 11.9. The third-order valence-electron chi connectivity index (χ3n) is 3.71. The van der Waals surface area contributed by atoms with Crippen molar-refractivity contribution >= 4 is 11.1 Å². The summed E-state index contributed by atoms with van der Waals surface area (Å²) in [4.78, 5) is 11.9. The SMILES string of the molecule is CCCn1c(=O)oc2cc(C(CC(C)(C)C)NC)ccc21. The van der Waals surface area contributed by atoms with Gasteiger partial charge in [0.25, 0.3) is 0 Å². The second-order valence-corrected chi connectivity index (χ2v) is 6.85. The topological polar surface area (TPSA) is 47.2 Å². The summed E-state index contributed by atoms with van der Waals surface area (Å²) in [5.74, 6) is -0.263. The Balaban J connectivity index is 2.41. The van der Waals surface area contributed by atoms with Crippen molar-refractivity contribution in [2.24, 2.45) is 5.41 Å². The maximum atomic E-state index is 11.9. The van der Waals surface area contributed by atoms with Crippen LogP contribution in [0, 0.1) is 5.41 Å². The van der Waals surface area contributed by atoms with Crippen LogP contribution in [0.5, 0.6) is 0 Å². The number of benzene rings is 1. The predicted octanol–water partition coefficient (Wildman–Crippen LogP) is 3.70. The van der Waals surface area contributed by atoms with Crippen LogP contribution in [0.3, 0.4) is 0 Å². The zero-order chi connectivity index (χ0) is 15.6. The highest BCUT2D eigenvalue weighted by Gasteiger charge is 2.20. The summed E-state index contributed by atoms with van der Waals surface area (Å²) < 4.78 is 7.10. The third kappa shape index (κ3) is 3.56. The van der Waals surface area contributed by atoms with Crippen LogP contribution >= 0.6 is 0 Å². The van der Waals surface area contributed by atoms with Gasteiger partial charge in [0.05, 0.1) is 5.52 Å². The summed E-state index contributed by atoms with van der Waals surface area (Å²) in [6.07, 6.45) is 1.94. The molecule has 0 aliphatic rings. The molecule has 1 atom stereocenters. The van der Waals surface area contributed by atoms with Gasteiger partial charge in [0.15, 0.2) is 5.58 Å². The standard InChI is InChI=1S/C17H26N2O2/c1-6-9-19-14-8-7-12(10-15(14)21-16(19)20)13(18-5)11-17(2,3)4/h7-8,10,13,18H,6,9,11H2,1-5H3. The molecule has 1 aromatic carbocycles. The van der Waals surface area contributed by atoms with Crippen LogP contribution in [0.25, 0.3) is 11.1 Å². The maximum Gasteiger partial charge on any atom is 0.419 e. The molecular weight excluding hydrogens is 264 g/mol. The van der Waals surface area contributed by atoms with Gasteiger partial charge in [-0.1, -0.05) is 33.8 Å². The Morgan fingerprint density at radius 3 is 2.62 bits per heavy atom. The largest absolute Gasteiger partial charge is 0.419 e. The molecular formula is C17H26N2O2. The van der Waals surface area contributed by atoms with Gasteiger partial charge in [0.1, 0.15) is 0 Å². The van der Waals surface area contributed by atoms with Crippen LogP contribution in [-0.2, 0) is 6.54 Å². The summed E-state index contributed by atoms with van der Waals surface area (Å²) in [5.41, 5.74) is 2.96. The lowest BCUT2D eigenvalue weighted by molar-refractivity contribution is 0.321. The third-order valence-corrected chi connectivity index (χ3v) is 3.71. The number of fused-ring (bicyclic) bond motifs is 1. The summed E-state index contributed by atoms with van der Waals surface area (Å²) in [6.45, 7) is 9.44. The van der Waals surface area contributed by atoms with Crippen molar-refractivity contribution in [1.29, 1.82) is 0 Å². The molecule has 116 valence electrons. The molecule has 0 spiro atoms. The molecule has 0 radical (unpaired) electrons. The van der Waals surface area contributed by atoms with Crippen molar-refractivity contribution in [3.63, 3.8) is 0 Å².